The van der Waals surface area contributed by atoms with Crippen LogP contribution >= 0.6 is 22.9 Å². The highest BCUT2D eigenvalue weighted by Crippen LogP contribution is 2.38. The summed E-state index contributed by atoms with van der Waals surface area (Å²) < 4.78 is 12.3. The van der Waals surface area contributed by atoms with E-state index >= 15 is 0 Å². The summed E-state index contributed by atoms with van der Waals surface area (Å²) in [7, 11) is -0.731. The molecular formula is C14H15ClN2O2S2. The van der Waals surface area contributed by atoms with E-state index in [0.29, 0.717) is 27.1 Å². The predicted octanol–water partition coefficient (Wildman–Crippen LogP) is 2.78. The predicted molar refractivity (Wildman–Crippen MR) is 89.6 cm³/mol. The highest BCUT2D eigenvalue weighted by atomic mass is 35.5. The molecule has 112 valence electrons. The second-order valence-corrected chi connectivity index (χ2v) is 8.21. The number of thiophene rings is 1. The molecule has 1 aliphatic rings. The molecule has 2 heterocycles. The maximum Gasteiger partial charge on any atom is 0.263 e. The zero-order valence-electron chi connectivity index (χ0n) is 11.2. The minimum Gasteiger partial charge on any atom is -0.397 e. The van der Waals surface area contributed by atoms with Gasteiger partial charge in [0.25, 0.3) is 5.91 Å². The van der Waals surface area contributed by atoms with Crippen molar-refractivity contribution in [2.24, 2.45) is 0 Å². The second-order valence-electron chi connectivity index (χ2n) is 5.05. The molecule has 1 aliphatic heterocycles. The summed E-state index contributed by atoms with van der Waals surface area (Å²) in [6.45, 7) is 0. The summed E-state index contributed by atoms with van der Waals surface area (Å²) >= 11 is 7.50. The van der Waals surface area contributed by atoms with Gasteiger partial charge in [-0.2, -0.15) is 0 Å². The lowest BCUT2D eigenvalue weighted by atomic mass is 10.1. The van der Waals surface area contributed by atoms with Crippen LogP contribution in [0.25, 0.3) is 10.1 Å². The van der Waals surface area contributed by atoms with Crippen molar-refractivity contribution in [3.8, 4) is 0 Å². The molecule has 0 atom stereocenters. The van der Waals surface area contributed by atoms with E-state index in [-0.39, 0.29) is 11.9 Å². The van der Waals surface area contributed by atoms with E-state index in [9.17, 15) is 9.00 Å². The van der Waals surface area contributed by atoms with Gasteiger partial charge >= 0.3 is 0 Å². The van der Waals surface area contributed by atoms with Crippen LogP contribution in [0.5, 0.6) is 0 Å². The molecule has 1 amide bonds. The van der Waals surface area contributed by atoms with Crippen molar-refractivity contribution in [1.82, 2.24) is 5.32 Å². The number of anilines is 1. The van der Waals surface area contributed by atoms with Crippen LogP contribution in [0, 0.1) is 0 Å². The topological polar surface area (TPSA) is 72.2 Å². The van der Waals surface area contributed by atoms with Crippen LogP contribution in [0.15, 0.2) is 18.2 Å². The number of nitrogens with one attached hydrogen (secondary N) is 1. The standard InChI is InChI=1S/C14H15ClN2O2S2/c15-9-2-1-3-10-11(9)12(16)13(20-10)14(18)17-8-4-6-21(19)7-5-8/h1-3,8H,4-7,16H2,(H,17,18). The molecule has 0 spiro atoms. The number of halogens is 1. The minimum absolute atomic E-state index is 0.0790. The van der Waals surface area contributed by atoms with Crippen LogP contribution < -0.4 is 11.1 Å². The number of nitrogens with two attached hydrogens (primary N) is 1. The Bertz CT molecular complexity index is 719. The van der Waals surface area contributed by atoms with Crippen molar-refractivity contribution in [2.75, 3.05) is 17.2 Å². The number of benzene rings is 1. The Morgan fingerprint density at radius 2 is 2.10 bits per heavy atom. The minimum atomic E-state index is -0.731. The molecule has 0 aliphatic carbocycles. The molecule has 0 radical (unpaired) electrons. The zero-order valence-corrected chi connectivity index (χ0v) is 13.6. The normalized spacial score (nSPS) is 22.3. The van der Waals surface area contributed by atoms with E-state index in [1.807, 2.05) is 12.1 Å². The summed E-state index contributed by atoms with van der Waals surface area (Å²) in [6.07, 6.45) is 1.51. The highest BCUT2D eigenvalue weighted by Gasteiger charge is 2.23. The van der Waals surface area contributed by atoms with Gasteiger partial charge < -0.3 is 11.1 Å². The van der Waals surface area contributed by atoms with E-state index in [2.05, 4.69) is 5.32 Å². The molecule has 21 heavy (non-hydrogen) atoms. The van der Waals surface area contributed by atoms with Crippen molar-refractivity contribution in [3.63, 3.8) is 0 Å². The van der Waals surface area contributed by atoms with Gasteiger partial charge in [0.2, 0.25) is 0 Å². The first-order valence-electron chi connectivity index (χ1n) is 6.68. The quantitative estimate of drug-likeness (QED) is 0.881. The van der Waals surface area contributed by atoms with Gasteiger partial charge in [-0.1, -0.05) is 17.7 Å². The number of fused-ring (bicyclic) bond motifs is 1. The Labute approximate surface area is 134 Å². The molecule has 7 heteroatoms. The molecular weight excluding hydrogens is 328 g/mol. The van der Waals surface area contributed by atoms with Crippen LogP contribution in [-0.4, -0.2) is 27.7 Å². The van der Waals surface area contributed by atoms with Crippen LogP contribution in [0.4, 0.5) is 5.69 Å². The Hall–Kier alpha value is -1.11. The third-order valence-corrected chi connectivity index (χ3v) is 6.50. The van der Waals surface area contributed by atoms with Crippen LogP contribution in [0.3, 0.4) is 0 Å². The van der Waals surface area contributed by atoms with Gasteiger partial charge in [0.1, 0.15) is 4.88 Å². The summed E-state index contributed by atoms with van der Waals surface area (Å²) in [6, 6.07) is 5.60. The largest absolute Gasteiger partial charge is 0.397 e. The van der Waals surface area contributed by atoms with Crippen molar-refractivity contribution in [2.45, 2.75) is 18.9 Å². The van der Waals surface area contributed by atoms with E-state index in [1.165, 1.54) is 11.3 Å². The summed E-state index contributed by atoms with van der Waals surface area (Å²) in [5.74, 6) is 1.14. The third kappa shape index (κ3) is 2.93. The average Bonchev–Trinajstić information content (AvgIpc) is 2.80. The van der Waals surface area contributed by atoms with Gasteiger partial charge in [0.05, 0.1) is 10.7 Å². The molecule has 3 N–H and O–H groups in total. The third-order valence-electron chi connectivity index (χ3n) is 3.63. The van der Waals surface area contributed by atoms with Crippen molar-refractivity contribution < 1.29 is 9.00 Å². The lowest BCUT2D eigenvalue weighted by molar-refractivity contribution is 0.0939. The summed E-state index contributed by atoms with van der Waals surface area (Å²) in [4.78, 5) is 12.9. The molecule has 1 aromatic carbocycles. The smallest absolute Gasteiger partial charge is 0.263 e. The van der Waals surface area contributed by atoms with E-state index in [4.69, 9.17) is 17.3 Å². The van der Waals surface area contributed by atoms with Crippen molar-refractivity contribution in [1.29, 1.82) is 0 Å². The summed E-state index contributed by atoms with van der Waals surface area (Å²) in [5.41, 5.74) is 6.53. The maximum atomic E-state index is 12.4. The first-order valence-corrected chi connectivity index (χ1v) is 9.37. The number of nitrogen functional groups attached to an aromatic ring is 1. The van der Waals surface area contributed by atoms with Gasteiger partial charge in [0.15, 0.2) is 0 Å². The fourth-order valence-electron chi connectivity index (χ4n) is 2.49. The van der Waals surface area contributed by atoms with Gasteiger partial charge in [0, 0.05) is 38.4 Å². The molecule has 4 nitrogen and oxygen atoms in total. The van der Waals surface area contributed by atoms with Crippen LogP contribution in [0.1, 0.15) is 22.5 Å². The van der Waals surface area contributed by atoms with Gasteiger partial charge in [-0.25, -0.2) is 0 Å². The Kier molecular flexibility index (Phi) is 4.19. The van der Waals surface area contributed by atoms with Crippen molar-refractivity contribution in [3.05, 3.63) is 28.1 Å². The SMILES string of the molecule is Nc1c(C(=O)NC2CCS(=O)CC2)sc2cccc(Cl)c12. The molecule has 2 aromatic rings. The molecule has 1 saturated heterocycles. The molecule has 3 rings (SSSR count). The molecule has 1 aromatic heterocycles. The fourth-order valence-corrected chi connectivity index (χ4v) is 5.17. The number of carbonyl (C=O) groups is 1. The Balaban J connectivity index is 1.83. The number of hydrogen-bond acceptors (Lipinski definition) is 4. The molecule has 1 fully saturated rings. The van der Waals surface area contributed by atoms with Gasteiger partial charge in [-0.05, 0) is 25.0 Å². The first kappa shape index (κ1) is 14.8. The summed E-state index contributed by atoms with van der Waals surface area (Å²) in [5, 5.41) is 4.30. The monoisotopic (exact) mass is 342 g/mol. The number of rotatable bonds is 2. The Morgan fingerprint density at radius 3 is 2.76 bits per heavy atom. The second kappa shape index (κ2) is 5.94. The average molecular weight is 343 g/mol. The zero-order chi connectivity index (χ0) is 15.0. The Morgan fingerprint density at radius 1 is 1.38 bits per heavy atom. The molecule has 0 saturated carbocycles. The molecule has 0 bridgehead atoms. The van der Waals surface area contributed by atoms with Crippen molar-refractivity contribution >= 4 is 55.4 Å². The lowest BCUT2D eigenvalue weighted by Crippen LogP contribution is -2.39. The molecule has 0 unspecified atom stereocenters. The lowest BCUT2D eigenvalue weighted by Gasteiger charge is -2.22. The number of hydrogen-bond donors (Lipinski definition) is 2. The first-order chi connectivity index (χ1) is 10.1. The number of carbonyl (C=O) groups excluding carboxylic acids is 1. The highest BCUT2D eigenvalue weighted by molar-refractivity contribution is 7.85. The van der Waals surface area contributed by atoms with Crippen LogP contribution in [0.2, 0.25) is 5.02 Å². The van der Waals surface area contributed by atoms with E-state index in [0.717, 1.165) is 22.9 Å². The van der Waals surface area contributed by atoms with Crippen LogP contribution in [-0.2, 0) is 10.8 Å². The van der Waals surface area contributed by atoms with E-state index in [1.54, 1.807) is 6.07 Å². The number of amides is 1. The van der Waals surface area contributed by atoms with Gasteiger partial charge in [-0.15, -0.1) is 11.3 Å². The maximum absolute atomic E-state index is 12.4. The van der Waals surface area contributed by atoms with Gasteiger partial charge in [-0.3, -0.25) is 9.00 Å². The fraction of sp³-hybridized carbons (Fsp3) is 0.357. The van der Waals surface area contributed by atoms with E-state index < -0.39 is 10.8 Å².